The SMILES string of the molecule is CC(C)N(Cc1cc(-c2ccsc2C(=O)c2sccc2-c2cc(CN(C(C)C)C(C)C)c(O)c(C(C)(C)C)c2)cc(C(C)(C)C)c1O)C(C)C. The summed E-state index contributed by atoms with van der Waals surface area (Å²) in [4.78, 5) is 20.8. The van der Waals surface area contributed by atoms with E-state index >= 15 is 0 Å². The number of rotatable bonds is 12. The zero-order valence-corrected chi connectivity index (χ0v) is 34.5. The van der Waals surface area contributed by atoms with Gasteiger partial charge in [0.15, 0.2) is 0 Å². The first-order valence-corrected chi connectivity index (χ1v) is 19.8. The van der Waals surface area contributed by atoms with Crippen molar-refractivity contribution in [1.29, 1.82) is 0 Å². The second-order valence-electron chi connectivity index (χ2n) is 16.9. The Bertz CT molecular complexity index is 1650. The average Bonchev–Trinajstić information content (AvgIpc) is 3.68. The maximum atomic E-state index is 14.6. The van der Waals surface area contributed by atoms with Gasteiger partial charge in [0, 0.05) is 70.6 Å². The minimum Gasteiger partial charge on any atom is -0.507 e. The van der Waals surface area contributed by atoms with Crippen LogP contribution >= 0.6 is 22.7 Å². The lowest BCUT2D eigenvalue weighted by atomic mass is 9.82. The van der Waals surface area contributed by atoms with Crippen molar-refractivity contribution in [3.8, 4) is 33.8 Å². The Labute approximate surface area is 310 Å². The van der Waals surface area contributed by atoms with E-state index in [9.17, 15) is 15.0 Å². The summed E-state index contributed by atoms with van der Waals surface area (Å²) in [6.45, 7) is 31.4. The van der Waals surface area contributed by atoms with Gasteiger partial charge in [0.05, 0.1) is 9.75 Å². The Balaban J connectivity index is 1.85. The topological polar surface area (TPSA) is 64.0 Å². The first-order valence-electron chi connectivity index (χ1n) is 18.1. The summed E-state index contributed by atoms with van der Waals surface area (Å²) in [5.74, 6) is 0.667. The van der Waals surface area contributed by atoms with Gasteiger partial charge in [-0.05, 0) is 125 Å². The smallest absolute Gasteiger partial charge is 0.214 e. The van der Waals surface area contributed by atoms with Crippen molar-refractivity contribution in [2.45, 2.75) is 145 Å². The summed E-state index contributed by atoms with van der Waals surface area (Å²) in [5, 5.41) is 27.1. The zero-order chi connectivity index (χ0) is 37.5. The molecule has 0 unspecified atom stereocenters. The average molecular weight is 717 g/mol. The number of nitrogens with zero attached hydrogens (tertiary/aromatic N) is 2. The molecule has 272 valence electrons. The Morgan fingerprint density at radius 2 is 0.920 bits per heavy atom. The molecule has 7 heteroatoms. The lowest BCUT2D eigenvalue weighted by molar-refractivity contribution is 0.104. The number of ketones is 1. The molecule has 2 aromatic carbocycles. The maximum absolute atomic E-state index is 14.6. The van der Waals surface area contributed by atoms with Gasteiger partial charge in [0.1, 0.15) is 11.5 Å². The molecule has 0 aliphatic rings. The highest BCUT2D eigenvalue weighted by Gasteiger charge is 2.29. The van der Waals surface area contributed by atoms with Crippen LogP contribution in [0.4, 0.5) is 0 Å². The van der Waals surface area contributed by atoms with Gasteiger partial charge in [-0.1, -0.05) is 41.5 Å². The lowest BCUT2D eigenvalue weighted by Crippen LogP contribution is -2.36. The Kier molecular flexibility index (Phi) is 12.2. The van der Waals surface area contributed by atoms with Crippen LogP contribution in [-0.2, 0) is 23.9 Å². The maximum Gasteiger partial charge on any atom is 0.214 e. The van der Waals surface area contributed by atoms with Gasteiger partial charge in [-0.3, -0.25) is 14.6 Å². The fraction of sp³-hybridized carbons (Fsp3) is 0.512. The van der Waals surface area contributed by atoms with Crippen LogP contribution in [0.1, 0.15) is 134 Å². The third kappa shape index (κ3) is 8.55. The van der Waals surface area contributed by atoms with Crippen LogP contribution in [0.3, 0.4) is 0 Å². The van der Waals surface area contributed by atoms with Crippen LogP contribution in [-0.4, -0.2) is 50.0 Å². The first kappa shape index (κ1) is 39.8. The fourth-order valence-corrected chi connectivity index (χ4v) is 8.72. The van der Waals surface area contributed by atoms with Gasteiger partial charge in [-0.2, -0.15) is 0 Å². The second-order valence-corrected chi connectivity index (χ2v) is 18.8. The molecule has 0 aliphatic heterocycles. The van der Waals surface area contributed by atoms with Crippen molar-refractivity contribution in [2.75, 3.05) is 0 Å². The lowest BCUT2D eigenvalue weighted by Gasteiger charge is -2.32. The molecule has 2 N–H and O–H groups in total. The van der Waals surface area contributed by atoms with Gasteiger partial charge in [-0.15, -0.1) is 22.7 Å². The summed E-state index contributed by atoms with van der Waals surface area (Å²) in [7, 11) is 0. The predicted octanol–water partition coefficient (Wildman–Crippen LogP) is 11.6. The molecule has 0 saturated heterocycles. The van der Waals surface area contributed by atoms with E-state index in [1.54, 1.807) is 0 Å². The largest absolute Gasteiger partial charge is 0.507 e. The molecule has 0 fully saturated rings. The summed E-state index contributed by atoms with van der Waals surface area (Å²) in [6.07, 6.45) is 0. The molecule has 0 saturated carbocycles. The van der Waals surface area contributed by atoms with Crippen LogP contribution < -0.4 is 0 Å². The summed E-state index contributed by atoms with van der Waals surface area (Å²) >= 11 is 2.93. The molecule has 50 heavy (non-hydrogen) atoms. The monoisotopic (exact) mass is 716 g/mol. The number of carbonyl (C=O) groups excluding carboxylic acids is 1. The molecule has 0 amide bonds. The number of carbonyl (C=O) groups is 1. The number of phenols is 2. The standard InChI is InChI=1S/C43H60N2O3S2/c1-25(2)44(26(3)4)23-31-19-29(21-35(37(31)46)42(9,10)11)33-15-17-49-40(33)39(48)41-34(16-18-50-41)30-20-32(24-45(27(5)6)28(7)8)38(47)36(22-30)43(12,13)14/h15-22,25-28,46-47H,23-24H2,1-14H3. The third-order valence-electron chi connectivity index (χ3n) is 9.72. The zero-order valence-electron chi connectivity index (χ0n) is 32.9. The van der Waals surface area contributed by atoms with Crippen LogP contribution in [0.25, 0.3) is 22.3 Å². The van der Waals surface area contributed by atoms with Gasteiger partial charge in [-0.25, -0.2) is 0 Å². The van der Waals surface area contributed by atoms with Crippen LogP contribution in [0, 0.1) is 0 Å². The highest BCUT2D eigenvalue weighted by Crippen LogP contribution is 2.43. The third-order valence-corrected chi connectivity index (χ3v) is 11.5. The second kappa shape index (κ2) is 15.3. The van der Waals surface area contributed by atoms with Crippen LogP contribution in [0.2, 0.25) is 0 Å². The fourth-order valence-electron chi connectivity index (χ4n) is 6.93. The highest BCUT2D eigenvalue weighted by molar-refractivity contribution is 7.16. The van der Waals surface area contributed by atoms with Crippen molar-refractivity contribution < 1.29 is 15.0 Å². The molecule has 0 atom stereocenters. The van der Waals surface area contributed by atoms with Crippen molar-refractivity contribution in [1.82, 2.24) is 9.80 Å². The van der Waals surface area contributed by atoms with E-state index in [2.05, 4.69) is 131 Å². The Morgan fingerprint density at radius 1 is 0.600 bits per heavy atom. The number of phenolic OH excluding ortho intramolecular Hbond substituents is 2. The number of benzene rings is 2. The van der Waals surface area contributed by atoms with Gasteiger partial charge >= 0.3 is 0 Å². The van der Waals surface area contributed by atoms with E-state index in [1.165, 1.54) is 22.7 Å². The van der Waals surface area contributed by atoms with E-state index in [1.807, 2.05) is 22.9 Å². The minimum absolute atomic E-state index is 0.00385. The molecule has 2 heterocycles. The van der Waals surface area contributed by atoms with E-state index in [0.29, 0.717) is 58.5 Å². The molecule has 4 aromatic rings. The van der Waals surface area contributed by atoms with Crippen molar-refractivity contribution in [3.05, 3.63) is 79.2 Å². The quantitative estimate of drug-likeness (QED) is 0.143. The van der Waals surface area contributed by atoms with Crippen LogP contribution in [0.15, 0.2) is 47.2 Å². The van der Waals surface area contributed by atoms with Gasteiger partial charge in [0.25, 0.3) is 0 Å². The van der Waals surface area contributed by atoms with E-state index in [4.69, 9.17) is 0 Å². The Morgan fingerprint density at radius 3 is 1.20 bits per heavy atom. The molecule has 2 aromatic heterocycles. The number of hydrogen-bond donors (Lipinski definition) is 2. The number of hydrogen-bond acceptors (Lipinski definition) is 7. The minimum atomic E-state index is -0.293. The normalized spacial score (nSPS) is 12.9. The van der Waals surface area contributed by atoms with Crippen LogP contribution in [0.5, 0.6) is 11.5 Å². The van der Waals surface area contributed by atoms with Crippen molar-refractivity contribution in [3.63, 3.8) is 0 Å². The predicted molar refractivity (Wildman–Crippen MR) is 215 cm³/mol. The van der Waals surface area contributed by atoms with E-state index < -0.39 is 0 Å². The molecule has 0 bridgehead atoms. The first-order chi connectivity index (χ1) is 23.1. The van der Waals surface area contributed by atoms with E-state index in [0.717, 1.165) is 44.5 Å². The van der Waals surface area contributed by atoms with Gasteiger partial charge < -0.3 is 10.2 Å². The van der Waals surface area contributed by atoms with Gasteiger partial charge in [0.2, 0.25) is 5.78 Å². The summed E-state index contributed by atoms with van der Waals surface area (Å²) in [5.41, 5.74) is 6.58. The highest BCUT2D eigenvalue weighted by atomic mass is 32.1. The summed E-state index contributed by atoms with van der Waals surface area (Å²) in [6, 6.07) is 13.6. The molecule has 4 rings (SSSR count). The molecule has 0 radical (unpaired) electrons. The molecule has 0 aliphatic carbocycles. The molecule has 5 nitrogen and oxygen atoms in total. The number of thiophene rings is 2. The molecular formula is C43H60N2O3S2. The summed E-state index contributed by atoms with van der Waals surface area (Å²) < 4.78 is 0. The molecule has 0 spiro atoms. The van der Waals surface area contributed by atoms with E-state index in [-0.39, 0.29) is 16.6 Å². The van der Waals surface area contributed by atoms with Crippen molar-refractivity contribution >= 4 is 28.5 Å². The molecular weight excluding hydrogens is 657 g/mol. The van der Waals surface area contributed by atoms with Crippen molar-refractivity contribution in [2.24, 2.45) is 0 Å². The number of aromatic hydroxyl groups is 2. The Hall–Kier alpha value is -2.97.